The molecule has 0 aromatic carbocycles. The van der Waals surface area contributed by atoms with Crippen molar-refractivity contribution in [3.05, 3.63) is 33.9 Å². The van der Waals surface area contributed by atoms with E-state index in [2.05, 4.69) is 0 Å². The summed E-state index contributed by atoms with van der Waals surface area (Å²) in [6.07, 6.45) is 5.11. The zero-order chi connectivity index (χ0) is 8.48. The summed E-state index contributed by atoms with van der Waals surface area (Å²) in [5, 5.41) is 10.4. The summed E-state index contributed by atoms with van der Waals surface area (Å²) < 4.78 is 0. The third kappa shape index (κ3) is 1.60. The van der Waals surface area contributed by atoms with E-state index in [1.165, 1.54) is 6.08 Å². The monoisotopic (exact) mass is 173 g/mol. The predicted octanol–water partition coefficient (Wildman–Crippen LogP) is 2.10. The lowest BCUT2D eigenvalue weighted by molar-refractivity contribution is -0.527. The van der Waals surface area contributed by atoms with Crippen LogP contribution in [0.15, 0.2) is 23.8 Å². The Morgan fingerprint density at radius 1 is 1.82 bits per heavy atom. The fourth-order valence-corrected chi connectivity index (χ4v) is 0.975. The molecule has 0 N–H and O–H groups in total. The Balaban J connectivity index is 2.82. The van der Waals surface area contributed by atoms with Crippen molar-refractivity contribution in [2.24, 2.45) is 0 Å². The van der Waals surface area contributed by atoms with Gasteiger partial charge in [0.05, 0.1) is 6.42 Å². The van der Waals surface area contributed by atoms with Crippen LogP contribution in [-0.4, -0.2) is 9.92 Å². The summed E-state index contributed by atoms with van der Waals surface area (Å²) in [6.45, 7) is 1.88. The highest BCUT2D eigenvalue weighted by molar-refractivity contribution is 6.24. The molecule has 3 nitrogen and oxygen atoms in total. The summed E-state index contributed by atoms with van der Waals surface area (Å²) in [5.74, 6) is 0. The minimum absolute atomic E-state index is 0.268. The van der Waals surface area contributed by atoms with Gasteiger partial charge in [0.25, 0.3) is 0 Å². The fourth-order valence-electron chi connectivity index (χ4n) is 0.835. The first-order valence-corrected chi connectivity index (χ1v) is 3.62. The zero-order valence-corrected chi connectivity index (χ0v) is 6.84. The maximum Gasteiger partial charge on any atom is 0.317 e. The fraction of sp³-hybridized carbons (Fsp3) is 0.429. The average Bonchev–Trinajstić information content (AvgIpc) is 1.95. The average molecular weight is 174 g/mol. The minimum Gasteiger partial charge on any atom is -0.262 e. The van der Waals surface area contributed by atoms with Crippen LogP contribution in [-0.2, 0) is 0 Å². The predicted molar refractivity (Wildman–Crippen MR) is 43.1 cm³/mol. The van der Waals surface area contributed by atoms with E-state index in [9.17, 15) is 10.1 Å². The third-order valence-corrected chi connectivity index (χ3v) is 2.03. The topological polar surface area (TPSA) is 43.1 Å². The molecular weight excluding hydrogens is 166 g/mol. The lowest BCUT2D eigenvalue weighted by Crippen LogP contribution is -2.29. The normalized spacial score (nSPS) is 29.8. The van der Waals surface area contributed by atoms with E-state index in [4.69, 9.17) is 11.6 Å². The standard InChI is InChI=1S/C7H8ClNO2/c1-6-2-4-7(8,5-3-6)9(10)11/h2-4H,5H2,1H3. The Labute approximate surface area is 69.5 Å². The van der Waals surface area contributed by atoms with Crippen LogP contribution in [0.2, 0.25) is 0 Å². The molecule has 1 rings (SSSR count). The van der Waals surface area contributed by atoms with E-state index in [1.807, 2.05) is 6.92 Å². The quantitative estimate of drug-likeness (QED) is 0.264. The van der Waals surface area contributed by atoms with Crippen molar-refractivity contribution in [2.75, 3.05) is 0 Å². The molecule has 0 heterocycles. The van der Waals surface area contributed by atoms with E-state index in [0.717, 1.165) is 5.57 Å². The number of halogens is 1. The zero-order valence-electron chi connectivity index (χ0n) is 6.08. The molecule has 4 heteroatoms. The van der Waals surface area contributed by atoms with E-state index < -0.39 is 9.92 Å². The van der Waals surface area contributed by atoms with Gasteiger partial charge in [-0.15, -0.1) is 0 Å². The summed E-state index contributed by atoms with van der Waals surface area (Å²) in [7, 11) is 0. The van der Waals surface area contributed by atoms with E-state index in [0.29, 0.717) is 0 Å². The van der Waals surface area contributed by atoms with Gasteiger partial charge in [0.15, 0.2) is 0 Å². The molecule has 60 valence electrons. The Morgan fingerprint density at radius 3 is 2.82 bits per heavy atom. The van der Waals surface area contributed by atoms with Gasteiger partial charge in [0.2, 0.25) is 0 Å². The van der Waals surface area contributed by atoms with Gasteiger partial charge in [-0.3, -0.25) is 10.1 Å². The van der Waals surface area contributed by atoms with E-state index in [-0.39, 0.29) is 6.42 Å². The molecule has 11 heavy (non-hydrogen) atoms. The number of rotatable bonds is 1. The Morgan fingerprint density at radius 2 is 2.45 bits per heavy atom. The Hall–Kier alpha value is -0.830. The second-order valence-corrected chi connectivity index (χ2v) is 3.22. The van der Waals surface area contributed by atoms with E-state index in [1.54, 1.807) is 12.2 Å². The van der Waals surface area contributed by atoms with Crippen molar-refractivity contribution in [3.8, 4) is 0 Å². The van der Waals surface area contributed by atoms with Crippen LogP contribution in [0, 0.1) is 10.1 Å². The maximum absolute atomic E-state index is 10.4. The molecule has 1 unspecified atom stereocenters. The molecular formula is C7H8ClNO2. The lowest BCUT2D eigenvalue weighted by Gasteiger charge is -2.15. The Bertz CT molecular complexity index is 247. The van der Waals surface area contributed by atoms with Crippen molar-refractivity contribution >= 4 is 11.6 Å². The van der Waals surface area contributed by atoms with Gasteiger partial charge < -0.3 is 0 Å². The molecule has 0 aromatic rings. The van der Waals surface area contributed by atoms with Crippen LogP contribution in [0.25, 0.3) is 0 Å². The molecule has 0 saturated heterocycles. The molecule has 0 saturated carbocycles. The molecule has 1 aliphatic rings. The van der Waals surface area contributed by atoms with Crippen LogP contribution >= 0.6 is 11.6 Å². The van der Waals surface area contributed by atoms with Crippen LogP contribution in [0.3, 0.4) is 0 Å². The molecule has 0 aromatic heterocycles. The van der Waals surface area contributed by atoms with Crippen LogP contribution in [0.5, 0.6) is 0 Å². The van der Waals surface area contributed by atoms with Gasteiger partial charge in [-0.25, -0.2) is 0 Å². The van der Waals surface area contributed by atoms with Crippen LogP contribution < -0.4 is 0 Å². The minimum atomic E-state index is -1.40. The number of nitrogens with zero attached hydrogens (tertiary/aromatic N) is 1. The molecule has 0 bridgehead atoms. The highest BCUT2D eigenvalue weighted by atomic mass is 35.5. The van der Waals surface area contributed by atoms with Crippen molar-refractivity contribution in [1.82, 2.24) is 0 Å². The molecule has 1 aliphatic carbocycles. The number of allylic oxidation sites excluding steroid dienone is 2. The molecule has 0 spiro atoms. The van der Waals surface area contributed by atoms with Gasteiger partial charge in [-0.05, 0) is 18.5 Å². The van der Waals surface area contributed by atoms with Gasteiger partial charge in [0, 0.05) is 11.0 Å². The first-order valence-electron chi connectivity index (χ1n) is 3.24. The maximum atomic E-state index is 10.4. The van der Waals surface area contributed by atoms with Crippen LogP contribution in [0.1, 0.15) is 13.3 Å². The third-order valence-electron chi connectivity index (χ3n) is 1.62. The van der Waals surface area contributed by atoms with E-state index >= 15 is 0 Å². The SMILES string of the molecule is CC1=CCC(Cl)([N+](=O)[O-])C=C1. The second kappa shape index (κ2) is 2.66. The number of nitro groups is 1. The smallest absolute Gasteiger partial charge is 0.262 e. The van der Waals surface area contributed by atoms with Crippen molar-refractivity contribution in [3.63, 3.8) is 0 Å². The summed E-state index contributed by atoms with van der Waals surface area (Å²) in [5.41, 5.74) is 1.02. The highest BCUT2D eigenvalue weighted by Gasteiger charge is 2.37. The van der Waals surface area contributed by atoms with Crippen molar-refractivity contribution in [1.29, 1.82) is 0 Å². The largest absolute Gasteiger partial charge is 0.317 e. The number of alkyl halides is 1. The molecule has 0 amide bonds. The molecule has 0 fully saturated rings. The summed E-state index contributed by atoms with van der Waals surface area (Å²) >= 11 is 5.64. The van der Waals surface area contributed by atoms with Gasteiger partial charge >= 0.3 is 5.00 Å². The van der Waals surface area contributed by atoms with Gasteiger partial charge in [-0.2, -0.15) is 0 Å². The molecule has 1 atom stereocenters. The van der Waals surface area contributed by atoms with Crippen molar-refractivity contribution < 1.29 is 4.92 Å². The second-order valence-electron chi connectivity index (χ2n) is 2.56. The number of hydrogen-bond donors (Lipinski definition) is 0. The number of hydrogen-bond acceptors (Lipinski definition) is 2. The summed E-state index contributed by atoms with van der Waals surface area (Å²) in [4.78, 5) is 8.49. The molecule has 0 radical (unpaired) electrons. The van der Waals surface area contributed by atoms with Gasteiger partial charge in [0.1, 0.15) is 0 Å². The molecule has 0 aliphatic heterocycles. The van der Waals surface area contributed by atoms with Crippen molar-refractivity contribution in [2.45, 2.75) is 18.3 Å². The lowest BCUT2D eigenvalue weighted by atomic mass is 10.0. The van der Waals surface area contributed by atoms with Gasteiger partial charge in [-0.1, -0.05) is 17.7 Å². The van der Waals surface area contributed by atoms with Crippen LogP contribution in [0.4, 0.5) is 0 Å². The first-order chi connectivity index (χ1) is 5.04. The highest BCUT2D eigenvalue weighted by Crippen LogP contribution is 2.27. The summed E-state index contributed by atoms with van der Waals surface area (Å²) in [6, 6.07) is 0. The first kappa shape index (κ1) is 8.27. The Kier molecular flexibility index (Phi) is 2.00.